The number of anilines is 1. The SMILES string of the molecule is COc1cccc(/C=C/C(=O)Nc2nnc(C(C)C)s2)c1OC(F)F. The predicted molar refractivity (Wildman–Crippen MR) is 91.3 cm³/mol. The first-order valence-corrected chi connectivity index (χ1v) is 8.16. The van der Waals surface area contributed by atoms with Gasteiger partial charge in [0.05, 0.1) is 7.11 Å². The van der Waals surface area contributed by atoms with Gasteiger partial charge in [0, 0.05) is 17.6 Å². The molecule has 0 fully saturated rings. The smallest absolute Gasteiger partial charge is 0.387 e. The van der Waals surface area contributed by atoms with Crippen LogP contribution in [0, 0.1) is 0 Å². The molecule has 9 heteroatoms. The van der Waals surface area contributed by atoms with E-state index in [0.29, 0.717) is 5.13 Å². The molecule has 0 aliphatic heterocycles. The number of carbonyl (C=O) groups excluding carboxylic acids is 1. The molecule has 0 aliphatic rings. The maximum absolute atomic E-state index is 12.6. The third-order valence-electron chi connectivity index (χ3n) is 3.02. The second kappa shape index (κ2) is 8.52. The molecule has 6 nitrogen and oxygen atoms in total. The molecule has 134 valence electrons. The van der Waals surface area contributed by atoms with Gasteiger partial charge in [-0.25, -0.2) is 0 Å². The second-order valence-electron chi connectivity index (χ2n) is 5.18. The number of alkyl halides is 2. The van der Waals surface area contributed by atoms with Crippen molar-refractivity contribution in [2.45, 2.75) is 26.4 Å². The maximum atomic E-state index is 12.6. The van der Waals surface area contributed by atoms with Gasteiger partial charge in [0.15, 0.2) is 11.5 Å². The monoisotopic (exact) mass is 369 g/mol. The van der Waals surface area contributed by atoms with E-state index in [-0.39, 0.29) is 23.0 Å². The van der Waals surface area contributed by atoms with Gasteiger partial charge in [0.25, 0.3) is 0 Å². The van der Waals surface area contributed by atoms with Crippen LogP contribution in [0.2, 0.25) is 0 Å². The van der Waals surface area contributed by atoms with Crippen LogP contribution in [0.25, 0.3) is 6.08 Å². The number of carbonyl (C=O) groups is 1. The van der Waals surface area contributed by atoms with Crippen molar-refractivity contribution in [1.29, 1.82) is 0 Å². The van der Waals surface area contributed by atoms with Crippen LogP contribution < -0.4 is 14.8 Å². The van der Waals surface area contributed by atoms with Gasteiger partial charge < -0.3 is 9.47 Å². The summed E-state index contributed by atoms with van der Waals surface area (Å²) in [5.41, 5.74) is 0.287. The highest BCUT2D eigenvalue weighted by atomic mass is 32.1. The molecule has 0 saturated heterocycles. The van der Waals surface area contributed by atoms with Gasteiger partial charge in [-0.15, -0.1) is 10.2 Å². The molecule has 0 radical (unpaired) electrons. The molecule has 1 heterocycles. The number of para-hydroxylation sites is 1. The van der Waals surface area contributed by atoms with Crippen LogP contribution in [-0.4, -0.2) is 29.8 Å². The van der Waals surface area contributed by atoms with E-state index in [1.807, 2.05) is 13.8 Å². The van der Waals surface area contributed by atoms with Crippen LogP contribution in [0.3, 0.4) is 0 Å². The number of ether oxygens (including phenoxy) is 2. The quantitative estimate of drug-likeness (QED) is 0.749. The average molecular weight is 369 g/mol. The van der Waals surface area contributed by atoms with Crippen LogP contribution in [0.5, 0.6) is 11.5 Å². The highest BCUT2D eigenvalue weighted by Crippen LogP contribution is 2.33. The number of amides is 1. The maximum Gasteiger partial charge on any atom is 0.387 e. The van der Waals surface area contributed by atoms with E-state index in [0.717, 1.165) is 5.01 Å². The van der Waals surface area contributed by atoms with E-state index >= 15 is 0 Å². The second-order valence-corrected chi connectivity index (χ2v) is 6.19. The summed E-state index contributed by atoms with van der Waals surface area (Å²) in [5.74, 6) is -0.238. The summed E-state index contributed by atoms with van der Waals surface area (Å²) in [6.45, 7) is 0.937. The Hall–Kier alpha value is -2.55. The standard InChI is InChI=1S/C16H17F2N3O3S/c1-9(2)14-20-21-16(25-14)19-12(22)8-7-10-5-4-6-11(23-3)13(10)24-15(17)18/h4-9,15H,1-3H3,(H,19,21,22)/b8-7+. The Balaban J connectivity index is 2.13. The molecule has 0 atom stereocenters. The molecule has 1 aromatic heterocycles. The van der Waals surface area contributed by atoms with Crippen molar-refractivity contribution in [1.82, 2.24) is 10.2 Å². The van der Waals surface area contributed by atoms with Gasteiger partial charge in [-0.1, -0.05) is 37.3 Å². The molecule has 2 aromatic rings. The normalized spacial score (nSPS) is 11.3. The summed E-state index contributed by atoms with van der Waals surface area (Å²) in [6, 6.07) is 4.63. The van der Waals surface area contributed by atoms with Crippen LogP contribution in [-0.2, 0) is 4.79 Å². The van der Waals surface area contributed by atoms with Crippen LogP contribution in [0.4, 0.5) is 13.9 Å². The van der Waals surface area contributed by atoms with Gasteiger partial charge in [-0.3, -0.25) is 10.1 Å². The van der Waals surface area contributed by atoms with Crippen molar-refractivity contribution in [2.75, 3.05) is 12.4 Å². The first-order chi connectivity index (χ1) is 11.9. The summed E-state index contributed by atoms with van der Waals surface area (Å²) in [7, 11) is 1.34. The minimum atomic E-state index is -3.01. The van der Waals surface area contributed by atoms with Crippen molar-refractivity contribution >= 4 is 28.5 Å². The lowest BCUT2D eigenvalue weighted by molar-refractivity contribution is -0.111. The number of rotatable bonds is 7. The highest BCUT2D eigenvalue weighted by Gasteiger charge is 2.14. The molecule has 0 aliphatic carbocycles. The zero-order valence-corrected chi connectivity index (χ0v) is 14.6. The third kappa shape index (κ3) is 5.21. The minimum Gasteiger partial charge on any atom is -0.493 e. The lowest BCUT2D eigenvalue weighted by Crippen LogP contribution is -2.08. The number of aromatic nitrogens is 2. The molecular formula is C16H17F2N3O3S. The molecular weight excluding hydrogens is 352 g/mol. The van der Waals surface area contributed by atoms with Crippen LogP contribution in [0.15, 0.2) is 24.3 Å². The average Bonchev–Trinajstić information content (AvgIpc) is 3.02. The Morgan fingerprint density at radius 1 is 1.32 bits per heavy atom. The Morgan fingerprint density at radius 3 is 2.68 bits per heavy atom. The number of nitrogens with one attached hydrogen (secondary N) is 1. The van der Waals surface area contributed by atoms with Crippen molar-refractivity contribution in [3.05, 3.63) is 34.8 Å². The molecule has 25 heavy (non-hydrogen) atoms. The largest absolute Gasteiger partial charge is 0.493 e. The fourth-order valence-corrected chi connectivity index (χ4v) is 2.62. The molecule has 0 saturated carbocycles. The summed E-state index contributed by atoms with van der Waals surface area (Å²) >= 11 is 1.28. The summed E-state index contributed by atoms with van der Waals surface area (Å²) in [5, 5.41) is 11.6. The molecule has 1 aromatic carbocycles. The Labute approximate surface area is 147 Å². The molecule has 2 rings (SSSR count). The topological polar surface area (TPSA) is 73.3 Å². The zero-order chi connectivity index (χ0) is 18.4. The highest BCUT2D eigenvalue weighted by molar-refractivity contribution is 7.15. The molecule has 0 spiro atoms. The fourth-order valence-electron chi connectivity index (χ4n) is 1.87. The van der Waals surface area contributed by atoms with E-state index in [4.69, 9.17) is 4.74 Å². The van der Waals surface area contributed by atoms with Crippen molar-refractivity contribution in [2.24, 2.45) is 0 Å². The van der Waals surface area contributed by atoms with Gasteiger partial charge in [-0.2, -0.15) is 8.78 Å². The van der Waals surface area contributed by atoms with Crippen molar-refractivity contribution in [3.63, 3.8) is 0 Å². The van der Waals surface area contributed by atoms with Crippen LogP contribution >= 0.6 is 11.3 Å². The van der Waals surface area contributed by atoms with E-state index in [2.05, 4.69) is 20.3 Å². The van der Waals surface area contributed by atoms with Gasteiger partial charge in [0.1, 0.15) is 5.01 Å². The fraction of sp³-hybridized carbons (Fsp3) is 0.312. The summed E-state index contributed by atoms with van der Waals surface area (Å²) in [6.07, 6.45) is 2.56. The third-order valence-corrected chi connectivity index (χ3v) is 4.15. The number of halogens is 2. The number of benzene rings is 1. The Morgan fingerprint density at radius 2 is 2.08 bits per heavy atom. The first-order valence-electron chi connectivity index (χ1n) is 7.35. The Kier molecular flexibility index (Phi) is 6.40. The lowest BCUT2D eigenvalue weighted by atomic mass is 10.1. The Bertz CT molecular complexity index is 763. The zero-order valence-electron chi connectivity index (χ0n) is 13.8. The molecule has 1 N–H and O–H groups in total. The van der Waals surface area contributed by atoms with E-state index < -0.39 is 12.5 Å². The van der Waals surface area contributed by atoms with E-state index in [1.165, 1.54) is 42.7 Å². The summed E-state index contributed by atoms with van der Waals surface area (Å²) in [4.78, 5) is 12.0. The van der Waals surface area contributed by atoms with E-state index in [9.17, 15) is 13.6 Å². The van der Waals surface area contributed by atoms with E-state index in [1.54, 1.807) is 6.07 Å². The number of hydrogen-bond acceptors (Lipinski definition) is 6. The number of nitrogens with zero attached hydrogens (tertiary/aromatic N) is 2. The molecule has 1 amide bonds. The minimum absolute atomic E-state index is 0.137. The van der Waals surface area contributed by atoms with Gasteiger partial charge >= 0.3 is 6.61 Å². The first kappa shape index (κ1) is 18.8. The number of hydrogen-bond donors (Lipinski definition) is 1. The molecule has 0 unspecified atom stereocenters. The summed E-state index contributed by atoms with van der Waals surface area (Å²) < 4.78 is 34.6. The lowest BCUT2D eigenvalue weighted by Gasteiger charge is -2.12. The van der Waals surface area contributed by atoms with Gasteiger partial charge in [0.2, 0.25) is 11.0 Å². The van der Waals surface area contributed by atoms with Crippen molar-refractivity contribution in [3.8, 4) is 11.5 Å². The van der Waals surface area contributed by atoms with Gasteiger partial charge in [-0.05, 0) is 12.1 Å². The van der Waals surface area contributed by atoms with Crippen LogP contribution in [0.1, 0.15) is 30.3 Å². The number of methoxy groups -OCH3 is 1. The van der Waals surface area contributed by atoms with Crippen molar-refractivity contribution < 1.29 is 23.0 Å². The molecule has 0 bridgehead atoms. The predicted octanol–water partition coefficient (Wildman–Crippen LogP) is 3.92.